The van der Waals surface area contributed by atoms with Crippen LogP contribution < -0.4 is 0 Å². The van der Waals surface area contributed by atoms with Crippen LogP contribution in [0.3, 0.4) is 0 Å². The summed E-state index contributed by atoms with van der Waals surface area (Å²) in [5, 5.41) is 8.47. The number of rotatable bonds is 10. The molecule has 0 bridgehead atoms. The Morgan fingerprint density at radius 2 is 1.06 bits per heavy atom. The van der Waals surface area contributed by atoms with Gasteiger partial charge in [0, 0.05) is 6.61 Å². The van der Waals surface area contributed by atoms with Gasteiger partial charge in [-0.1, -0.05) is 66.2 Å². The lowest BCUT2D eigenvalue weighted by atomic mass is 10.1. The highest BCUT2D eigenvalue weighted by Gasteiger charge is 1.89. The first-order chi connectivity index (χ1) is 8.26. The normalized spacial score (nSPS) is 9.67. The van der Waals surface area contributed by atoms with Gasteiger partial charge < -0.3 is 15.5 Å². The van der Waals surface area contributed by atoms with Crippen molar-refractivity contribution < 1.29 is 10.6 Å². The summed E-state index contributed by atoms with van der Waals surface area (Å²) in [7, 11) is 0. The lowest BCUT2D eigenvalue weighted by Crippen LogP contribution is -2.21. The van der Waals surface area contributed by atoms with Crippen molar-refractivity contribution in [1.29, 1.82) is 0 Å². The van der Waals surface area contributed by atoms with Gasteiger partial charge in [-0.15, -0.1) is 0 Å². The van der Waals surface area contributed by atoms with E-state index in [1.807, 2.05) is 0 Å². The topological polar surface area (TPSA) is 55.0 Å². The molecular formula is C15H37NO2. The van der Waals surface area contributed by atoms with Gasteiger partial charge in [-0.05, 0) is 26.1 Å². The Balaban J connectivity index is -0.000000251. The minimum absolute atomic E-state index is 0. The lowest BCUT2D eigenvalue weighted by Gasteiger charge is -2.13. The fourth-order valence-electron chi connectivity index (χ4n) is 1.74. The first kappa shape index (κ1) is 23.0. The molecule has 0 aliphatic heterocycles. The summed E-state index contributed by atoms with van der Waals surface area (Å²) in [5.74, 6) is 0. The molecule has 3 nitrogen and oxygen atoms in total. The maximum absolute atomic E-state index is 8.47. The van der Waals surface area contributed by atoms with Gasteiger partial charge in [-0.25, -0.2) is 0 Å². The van der Waals surface area contributed by atoms with E-state index in [0.29, 0.717) is 6.61 Å². The van der Waals surface area contributed by atoms with Crippen LogP contribution in [0.4, 0.5) is 0 Å². The molecule has 0 spiro atoms. The predicted molar refractivity (Wildman–Crippen MR) is 82.2 cm³/mol. The molecule has 0 aromatic carbocycles. The molecule has 0 aliphatic carbocycles. The number of unbranched alkanes of at least 4 members (excludes halogenated alkanes) is 6. The van der Waals surface area contributed by atoms with Crippen molar-refractivity contribution in [3.8, 4) is 0 Å². The molecule has 0 aromatic heterocycles. The molecular weight excluding hydrogens is 226 g/mol. The summed E-state index contributed by atoms with van der Waals surface area (Å²) in [4.78, 5) is 2.38. The number of aliphatic hydroxyl groups excluding tert-OH is 1. The van der Waals surface area contributed by atoms with Crippen LogP contribution in [0, 0.1) is 0 Å². The summed E-state index contributed by atoms with van der Waals surface area (Å²) in [6, 6.07) is 0. The predicted octanol–water partition coefficient (Wildman–Crippen LogP) is 3.25. The van der Waals surface area contributed by atoms with E-state index >= 15 is 0 Å². The highest BCUT2D eigenvalue weighted by molar-refractivity contribution is 4.44. The molecule has 0 saturated heterocycles. The van der Waals surface area contributed by atoms with Crippen molar-refractivity contribution in [2.24, 2.45) is 0 Å². The molecule has 0 fully saturated rings. The number of aliphatic hydroxyl groups is 1. The van der Waals surface area contributed by atoms with Crippen LogP contribution in [-0.4, -0.2) is 41.7 Å². The fraction of sp³-hybridized carbons (Fsp3) is 1.00. The minimum atomic E-state index is 0. The van der Waals surface area contributed by atoms with E-state index in [4.69, 9.17) is 5.11 Å². The van der Waals surface area contributed by atoms with Crippen molar-refractivity contribution in [1.82, 2.24) is 4.90 Å². The van der Waals surface area contributed by atoms with E-state index in [0.717, 1.165) is 6.42 Å². The second-order valence-electron chi connectivity index (χ2n) is 4.46. The summed E-state index contributed by atoms with van der Waals surface area (Å²) in [5.41, 5.74) is 0. The van der Waals surface area contributed by atoms with Gasteiger partial charge in [0.2, 0.25) is 0 Å². The third-order valence-corrected chi connectivity index (χ3v) is 3.10. The van der Waals surface area contributed by atoms with E-state index in [1.165, 1.54) is 58.2 Å². The monoisotopic (exact) mass is 263 g/mol. The smallest absolute Gasteiger partial charge is 0.0431 e. The molecule has 18 heavy (non-hydrogen) atoms. The van der Waals surface area contributed by atoms with E-state index in [1.54, 1.807) is 0 Å². The molecule has 0 aromatic rings. The second kappa shape index (κ2) is 22.1. The highest BCUT2D eigenvalue weighted by atomic mass is 16.2. The molecule has 3 N–H and O–H groups in total. The number of hydrogen-bond donors (Lipinski definition) is 1. The molecule has 0 aliphatic rings. The average molecular weight is 263 g/mol. The summed E-state index contributed by atoms with van der Waals surface area (Å²) in [6.45, 7) is 12.7. The first-order valence-corrected chi connectivity index (χ1v) is 7.59. The Bertz CT molecular complexity index is 104. The van der Waals surface area contributed by atoms with Gasteiger partial charge in [0.1, 0.15) is 0 Å². The van der Waals surface area contributed by atoms with Gasteiger partial charge in [-0.3, -0.25) is 0 Å². The minimum Gasteiger partial charge on any atom is -0.412 e. The van der Waals surface area contributed by atoms with Crippen molar-refractivity contribution in [3.05, 3.63) is 0 Å². The summed E-state index contributed by atoms with van der Waals surface area (Å²) < 4.78 is 0. The van der Waals surface area contributed by atoms with Crippen LogP contribution in [0.1, 0.15) is 72.6 Å². The van der Waals surface area contributed by atoms with E-state index in [-0.39, 0.29) is 5.48 Å². The van der Waals surface area contributed by atoms with Crippen LogP contribution in [0.25, 0.3) is 0 Å². The number of nitrogens with zero attached hydrogens (tertiary/aromatic N) is 1. The Labute approximate surface area is 115 Å². The van der Waals surface area contributed by atoms with Gasteiger partial charge in [0.05, 0.1) is 0 Å². The SMILES string of the molecule is CCCCCCCCCO.CCN(CC)CC.O. The van der Waals surface area contributed by atoms with Crippen molar-refractivity contribution >= 4 is 0 Å². The lowest BCUT2D eigenvalue weighted by molar-refractivity contribution is 0.282. The molecule has 0 saturated carbocycles. The molecule has 0 atom stereocenters. The maximum Gasteiger partial charge on any atom is 0.0431 e. The van der Waals surface area contributed by atoms with Crippen LogP contribution in [0.2, 0.25) is 0 Å². The second-order valence-corrected chi connectivity index (χ2v) is 4.46. The quantitative estimate of drug-likeness (QED) is 0.615. The molecule has 114 valence electrons. The van der Waals surface area contributed by atoms with E-state index in [9.17, 15) is 0 Å². The van der Waals surface area contributed by atoms with Crippen molar-refractivity contribution in [2.75, 3.05) is 26.2 Å². The molecule has 3 heteroatoms. The van der Waals surface area contributed by atoms with Gasteiger partial charge in [0.25, 0.3) is 0 Å². The van der Waals surface area contributed by atoms with Gasteiger partial charge >= 0.3 is 0 Å². The van der Waals surface area contributed by atoms with Crippen molar-refractivity contribution in [2.45, 2.75) is 72.6 Å². The maximum atomic E-state index is 8.47. The molecule has 0 rings (SSSR count). The highest BCUT2D eigenvalue weighted by Crippen LogP contribution is 2.05. The Kier molecular flexibility index (Phi) is 28.2. The Hall–Kier alpha value is -0.120. The van der Waals surface area contributed by atoms with Crippen molar-refractivity contribution in [3.63, 3.8) is 0 Å². The van der Waals surface area contributed by atoms with Crippen LogP contribution in [-0.2, 0) is 0 Å². The van der Waals surface area contributed by atoms with Gasteiger partial charge in [0.15, 0.2) is 0 Å². The standard InChI is InChI=1S/C9H20O.C6H15N.H2O/c1-2-3-4-5-6-7-8-9-10;1-4-7(5-2)6-3;/h10H,2-9H2,1H3;4-6H2,1-3H3;1H2. The van der Waals surface area contributed by atoms with Crippen LogP contribution >= 0.6 is 0 Å². The van der Waals surface area contributed by atoms with E-state index < -0.39 is 0 Å². The summed E-state index contributed by atoms with van der Waals surface area (Å²) in [6.07, 6.45) is 8.93. The Morgan fingerprint density at radius 3 is 1.33 bits per heavy atom. The van der Waals surface area contributed by atoms with Gasteiger partial charge in [-0.2, -0.15) is 0 Å². The third kappa shape index (κ3) is 21.2. The average Bonchev–Trinajstić information content (AvgIpc) is 2.37. The first-order valence-electron chi connectivity index (χ1n) is 7.59. The van der Waals surface area contributed by atoms with Crippen LogP contribution in [0.5, 0.6) is 0 Å². The molecule has 0 radical (unpaired) electrons. The zero-order valence-electron chi connectivity index (χ0n) is 13.2. The zero-order valence-corrected chi connectivity index (χ0v) is 13.2. The van der Waals surface area contributed by atoms with E-state index in [2.05, 4.69) is 32.6 Å². The molecule has 0 unspecified atom stereocenters. The third-order valence-electron chi connectivity index (χ3n) is 3.10. The summed E-state index contributed by atoms with van der Waals surface area (Å²) >= 11 is 0. The largest absolute Gasteiger partial charge is 0.412 e. The fourth-order valence-corrected chi connectivity index (χ4v) is 1.74. The molecule has 0 amide bonds. The molecule has 0 heterocycles. The number of hydrogen-bond acceptors (Lipinski definition) is 2. The Morgan fingerprint density at radius 1 is 0.667 bits per heavy atom. The zero-order chi connectivity index (χ0) is 13.4. The van der Waals surface area contributed by atoms with Crippen LogP contribution in [0.15, 0.2) is 0 Å².